The first kappa shape index (κ1) is 27.2. The van der Waals surface area contributed by atoms with Crippen molar-refractivity contribution >= 4 is 5.97 Å². The standard InChI is InChI=1S/C31H43FO3/c1-3-5-7-10-24-12-14-25(15-13-24)11-8-22-34-28-19-17-27(18-20-28)31(33)35-30-21-16-26(9-6-4-2)23-29(30)32/h16-21,23-25H,3-15,22H2,1-2H3/t24-,25-. The normalized spacial score (nSPS) is 17.8. The fourth-order valence-electron chi connectivity index (χ4n) is 5.06. The van der Waals surface area contributed by atoms with E-state index < -0.39 is 11.8 Å². The van der Waals surface area contributed by atoms with Crippen molar-refractivity contribution in [1.82, 2.24) is 0 Å². The Kier molecular flexibility index (Phi) is 11.6. The van der Waals surface area contributed by atoms with Gasteiger partial charge in [-0.3, -0.25) is 0 Å². The average Bonchev–Trinajstić information content (AvgIpc) is 2.88. The van der Waals surface area contributed by atoms with E-state index >= 15 is 0 Å². The Hall–Kier alpha value is -2.36. The first-order valence-electron chi connectivity index (χ1n) is 13.8. The molecule has 0 aliphatic heterocycles. The molecule has 0 amide bonds. The lowest BCUT2D eigenvalue weighted by Gasteiger charge is -2.28. The summed E-state index contributed by atoms with van der Waals surface area (Å²) in [5.41, 5.74) is 1.29. The molecule has 0 spiro atoms. The molecule has 0 unspecified atom stereocenters. The highest BCUT2D eigenvalue weighted by atomic mass is 19.1. The molecular weight excluding hydrogens is 439 g/mol. The minimum Gasteiger partial charge on any atom is -0.494 e. The van der Waals surface area contributed by atoms with Gasteiger partial charge in [0.2, 0.25) is 0 Å². The third kappa shape index (κ3) is 9.31. The average molecular weight is 483 g/mol. The predicted molar refractivity (Wildman–Crippen MR) is 141 cm³/mol. The van der Waals surface area contributed by atoms with Crippen molar-refractivity contribution in [3.8, 4) is 11.5 Å². The van der Waals surface area contributed by atoms with Crippen molar-refractivity contribution in [3.05, 3.63) is 59.4 Å². The van der Waals surface area contributed by atoms with E-state index in [0.717, 1.165) is 48.8 Å². The molecule has 1 fully saturated rings. The van der Waals surface area contributed by atoms with Gasteiger partial charge in [-0.15, -0.1) is 0 Å². The summed E-state index contributed by atoms with van der Waals surface area (Å²) in [5.74, 6) is 1.44. The number of carbonyl (C=O) groups is 1. The van der Waals surface area contributed by atoms with Gasteiger partial charge in [0.05, 0.1) is 12.2 Å². The zero-order chi connectivity index (χ0) is 24.9. The number of ether oxygens (including phenoxy) is 2. The molecule has 3 nitrogen and oxygen atoms in total. The van der Waals surface area contributed by atoms with Crippen molar-refractivity contribution in [2.45, 2.75) is 97.3 Å². The molecule has 0 aromatic heterocycles. The number of halogens is 1. The van der Waals surface area contributed by atoms with Gasteiger partial charge in [-0.1, -0.05) is 77.7 Å². The van der Waals surface area contributed by atoms with Gasteiger partial charge in [-0.2, -0.15) is 0 Å². The molecule has 1 aliphatic rings. The predicted octanol–water partition coefficient (Wildman–Crippen LogP) is 8.93. The molecule has 0 heterocycles. The topological polar surface area (TPSA) is 35.5 Å². The number of unbranched alkanes of at least 4 members (excludes halogenated alkanes) is 3. The highest BCUT2D eigenvalue weighted by Crippen LogP contribution is 2.34. The van der Waals surface area contributed by atoms with Crippen LogP contribution in [0.15, 0.2) is 42.5 Å². The molecule has 2 aromatic carbocycles. The molecule has 0 atom stereocenters. The molecule has 4 heteroatoms. The van der Waals surface area contributed by atoms with E-state index in [2.05, 4.69) is 13.8 Å². The number of benzene rings is 2. The van der Waals surface area contributed by atoms with E-state index in [1.807, 2.05) is 6.07 Å². The van der Waals surface area contributed by atoms with Crippen LogP contribution in [-0.2, 0) is 6.42 Å². The van der Waals surface area contributed by atoms with Crippen molar-refractivity contribution in [2.75, 3.05) is 6.61 Å². The molecule has 3 rings (SSSR count). The quantitative estimate of drug-likeness (QED) is 0.153. The molecule has 192 valence electrons. The lowest BCUT2D eigenvalue weighted by atomic mass is 9.78. The number of aryl methyl sites for hydroxylation is 1. The number of carbonyl (C=O) groups excluding carboxylic acids is 1. The Morgan fingerprint density at radius 1 is 0.857 bits per heavy atom. The van der Waals surface area contributed by atoms with E-state index in [1.165, 1.54) is 69.9 Å². The third-order valence-electron chi connectivity index (χ3n) is 7.32. The molecule has 0 saturated heterocycles. The van der Waals surface area contributed by atoms with Crippen molar-refractivity contribution < 1.29 is 18.7 Å². The minimum absolute atomic E-state index is 0.0365. The van der Waals surface area contributed by atoms with Crippen LogP contribution in [0.25, 0.3) is 0 Å². The highest BCUT2D eigenvalue weighted by molar-refractivity contribution is 5.91. The number of hydrogen-bond acceptors (Lipinski definition) is 3. The summed E-state index contributed by atoms with van der Waals surface area (Å²) in [4.78, 5) is 12.4. The fourth-order valence-corrected chi connectivity index (χ4v) is 5.06. The smallest absolute Gasteiger partial charge is 0.343 e. The van der Waals surface area contributed by atoms with Crippen LogP contribution in [0, 0.1) is 17.7 Å². The maximum absolute atomic E-state index is 14.3. The molecule has 0 radical (unpaired) electrons. The van der Waals surface area contributed by atoms with Gasteiger partial charge in [0.25, 0.3) is 0 Å². The largest absolute Gasteiger partial charge is 0.494 e. The van der Waals surface area contributed by atoms with Crippen molar-refractivity contribution in [3.63, 3.8) is 0 Å². The van der Waals surface area contributed by atoms with Crippen LogP contribution in [0.2, 0.25) is 0 Å². The lowest BCUT2D eigenvalue weighted by molar-refractivity contribution is 0.0727. The van der Waals surface area contributed by atoms with Gasteiger partial charge >= 0.3 is 5.97 Å². The summed E-state index contributed by atoms with van der Waals surface area (Å²) in [6.45, 7) is 5.07. The second-order valence-electron chi connectivity index (χ2n) is 10.2. The Balaban J connectivity index is 1.35. The zero-order valence-corrected chi connectivity index (χ0v) is 21.7. The van der Waals surface area contributed by atoms with Crippen LogP contribution in [0.1, 0.15) is 107 Å². The second-order valence-corrected chi connectivity index (χ2v) is 10.2. The third-order valence-corrected chi connectivity index (χ3v) is 7.32. The molecule has 0 N–H and O–H groups in total. The Morgan fingerprint density at radius 3 is 2.14 bits per heavy atom. The van der Waals surface area contributed by atoms with Gasteiger partial charge in [0.1, 0.15) is 5.75 Å². The van der Waals surface area contributed by atoms with Crippen LogP contribution in [-0.4, -0.2) is 12.6 Å². The molecule has 0 bridgehead atoms. The summed E-state index contributed by atoms with van der Waals surface area (Å²) < 4.78 is 25.5. The number of hydrogen-bond donors (Lipinski definition) is 0. The summed E-state index contributed by atoms with van der Waals surface area (Å²) in [6, 6.07) is 11.7. The maximum Gasteiger partial charge on any atom is 0.343 e. The van der Waals surface area contributed by atoms with E-state index in [9.17, 15) is 9.18 Å². The van der Waals surface area contributed by atoms with Gasteiger partial charge in [0, 0.05) is 0 Å². The maximum atomic E-state index is 14.3. The fraction of sp³-hybridized carbons (Fsp3) is 0.581. The van der Waals surface area contributed by atoms with E-state index in [4.69, 9.17) is 9.47 Å². The van der Waals surface area contributed by atoms with E-state index in [0.29, 0.717) is 12.2 Å². The Bertz CT molecular complexity index is 885. The van der Waals surface area contributed by atoms with Crippen LogP contribution in [0.4, 0.5) is 4.39 Å². The van der Waals surface area contributed by atoms with Gasteiger partial charge < -0.3 is 9.47 Å². The van der Waals surface area contributed by atoms with Crippen LogP contribution in [0.3, 0.4) is 0 Å². The molecular formula is C31H43FO3. The summed E-state index contributed by atoms with van der Waals surface area (Å²) in [6.07, 6.45) is 16.2. The zero-order valence-electron chi connectivity index (χ0n) is 21.7. The first-order valence-corrected chi connectivity index (χ1v) is 13.8. The summed E-state index contributed by atoms with van der Waals surface area (Å²) in [5, 5.41) is 0. The molecule has 35 heavy (non-hydrogen) atoms. The van der Waals surface area contributed by atoms with Gasteiger partial charge in [-0.05, 0) is 79.5 Å². The van der Waals surface area contributed by atoms with Gasteiger partial charge in [-0.25, -0.2) is 9.18 Å². The first-order chi connectivity index (χ1) is 17.1. The summed E-state index contributed by atoms with van der Waals surface area (Å²) in [7, 11) is 0. The molecule has 2 aromatic rings. The highest BCUT2D eigenvalue weighted by Gasteiger charge is 2.20. The summed E-state index contributed by atoms with van der Waals surface area (Å²) >= 11 is 0. The van der Waals surface area contributed by atoms with Crippen molar-refractivity contribution in [2.24, 2.45) is 11.8 Å². The monoisotopic (exact) mass is 482 g/mol. The SMILES string of the molecule is CCCCC[C@H]1CC[C@H](CCCOc2ccc(C(=O)Oc3ccc(CCCC)cc3F)cc2)CC1. The minimum atomic E-state index is -0.568. The molecule has 1 saturated carbocycles. The molecule has 1 aliphatic carbocycles. The van der Waals surface area contributed by atoms with E-state index in [-0.39, 0.29) is 5.75 Å². The van der Waals surface area contributed by atoms with Crippen molar-refractivity contribution in [1.29, 1.82) is 0 Å². The van der Waals surface area contributed by atoms with E-state index in [1.54, 1.807) is 24.3 Å². The number of rotatable bonds is 14. The number of esters is 1. The van der Waals surface area contributed by atoms with Gasteiger partial charge in [0.15, 0.2) is 11.6 Å². The Morgan fingerprint density at radius 2 is 1.51 bits per heavy atom. The van der Waals surface area contributed by atoms with Crippen LogP contribution >= 0.6 is 0 Å². The van der Waals surface area contributed by atoms with Crippen LogP contribution < -0.4 is 9.47 Å². The Labute approximate surface area is 211 Å². The van der Waals surface area contributed by atoms with Crippen LogP contribution in [0.5, 0.6) is 11.5 Å². The second kappa shape index (κ2) is 14.9. The lowest BCUT2D eigenvalue weighted by Crippen LogP contribution is -2.15.